The number of benzene rings is 3. The van der Waals surface area contributed by atoms with Gasteiger partial charge in [-0.15, -0.1) is 0 Å². The monoisotopic (exact) mass is 411 g/mol. The van der Waals surface area contributed by atoms with Gasteiger partial charge in [0.25, 0.3) is 5.82 Å². The largest absolute Gasteiger partial charge is 0.294 e. The highest BCUT2D eigenvalue weighted by atomic mass is 15.2. The van der Waals surface area contributed by atoms with E-state index >= 15 is 0 Å². The first-order chi connectivity index (χ1) is 15.5. The summed E-state index contributed by atoms with van der Waals surface area (Å²) in [5.74, 6) is -0.612. The lowest BCUT2D eigenvalue weighted by atomic mass is 9.92. The van der Waals surface area contributed by atoms with E-state index in [9.17, 15) is 0 Å². The van der Waals surface area contributed by atoms with E-state index in [2.05, 4.69) is 77.8 Å². The summed E-state index contributed by atoms with van der Waals surface area (Å²) in [4.78, 5) is 0. The van der Waals surface area contributed by atoms with Crippen molar-refractivity contribution in [2.24, 2.45) is 7.05 Å². The van der Waals surface area contributed by atoms with Crippen LogP contribution in [0.1, 0.15) is 58.9 Å². The third-order valence-corrected chi connectivity index (χ3v) is 5.97. The maximum absolute atomic E-state index is 8.92. The fourth-order valence-electron chi connectivity index (χ4n) is 4.34. The summed E-state index contributed by atoms with van der Waals surface area (Å²) in [6, 6.07) is 24.8. The van der Waals surface area contributed by atoms with Gasteiger partial charge in [0.2, 0.25) is 0 Å². The van der Waals surface area contributed by atoms with E-state index in [0.717, 1.165) is 39.5 Å². The van der Waals surface area contributed by atoms with Crippen LogP contribution in [0.15, 0.2) is 79.0 Å². The van der Waals surface area contributed by atoms with Crippen molar-refractivity contribution < 1.29 is 7.31 Å². The molecule has 0 atom stereocenters. The second-order valence-corrected chi connectivity index (χ2v) is 8.65. The number of rotatable bonds is 5. The van der Waals surface area contributed by atoms with Gasteiger partial charge < -0.3 is 0 Å². The van der Waals surface area contributed by atoms with Gasteiger partial charge in [0.05, 0.1) is 12.6 Å². The third-order valence-electron chi connectivity index (χ3n) is 5.97. The van der Waals surface area contributed by atoms with Crippen molar-refractivity contribution in [3.63, 3.8) is 0 Å². The van der Waals surface area contributed by atoms with Gasteiger partial charge in [0.15, 0.2) is 5.69 Å². The van der Waals surface area contributed by atoms with Gasteiger partial charge in [-0.25, -0.2) is 4.57 Å². The van der Waals surface area contributed by atoms with E-state index in [0.29, 0.717) is 0 Å². The molecule has 0 bridgehead atoms. The number of hydrogen-bond acceptors (Lipinski definition) is 0. The zero-order chi connectivity index (χ0) is 24.0. The average Bonchev–Trinajstić information content (AvgIpc) is 3.09. The first kappa shape index (κ1) is 18.6. The van der Waals surface area contributed by atoms with Gasteiger partial charge in [-0.05, 0) is 30.3 Å². The molecule has 4 rings (SSSR count). The Bertz CT molecular complexity index is 1260. The summed E-state index contributed by atoms with van der Waals surface area (Å²) in [5.41, 5.74) is 7.27. The number of hydrogen-bond donors (Lipinski definition) is 0. The highest BCUT2D eigenvalue weighted by molar-refractivity contribution is 5.66. The molecule has 31 heavy (non-hydrogen) atoms. The van der Waals surface area contributed by atoms with Crippen molar-refractivity contribution in [1.82, 2.24) is 4.57 Å². The van der Waals surface area contributed by atoms with Crippen molar-refractivity contribution in [3.05, 3.63) is 95.7 Å². The SMILES string of the molecule is [2H]C(C)(C)c1cccc(C([2H])(C)C)c1-[n+]1cc(-c2ccccc2)n(C)c1-c1ccccc1C. The molecule has 0 spiro atoms. The van der Waals surface area contributed by atoms with Gasteiger partial charge >= 0.3 is 0 Å². The summed E-state index contributed by atoms with van der Waals surface area (Å²) in [7, 11) is 2.10. The fourth-order valence-corrected chi connectivity index (χ4v) is 4.34. The van der Waals surface area contributed by atoms with Crippen LogP contribution in [0.25, 0.3) is 28.3 Å². The third kappa shape index (κ3) is 3.83. The Morgan fingerprint density at radius 1 is 0.774 bits per heavy atom. The van der Waals surface area contributed by atoms with E-state index in [-0.39, 0.29) is 0 Å². The summed E-state index contributed by atoms with van der Waals surface area (Å²) < 4.78 is 22.3. The zero-order valence-electron chi connectivity index (χ0n) is 21.4. The second kappa shape index (κ2) is 8.55. The average molecular weight is 412 g/mol. The van der Waals surface area contributed by atoms with Gasteiger partial charge in [-0.1, -0.05) is 94.4 Å². The lowest BCUT2D eigenvalue weighted by Crippen LogP contribution is -2.35. The Morgan fingerprint density at radius 2 is 1.35 bits per heavy atom. The van der Waals surface area contributed by atoms with Crippen LogP contribution in [0.2, 0.25) is 0 Å². The van der Waals surface area contributed by atoms with Crippen LogP contribution < -0.4 is 4.57 Å². The fraction of sp³-hybridized carbons (Fsp3) is 0.276. The van der Waals surface area contributed by atoms with Crippen LogP contribution >= 0.6 is 0 Å². The van der Waals surface area contributed by atoms with E-state index in [1.807, 2.05) is 52.0 Å². The molecule has 1 heterocycles. The maximum atomic E-state index is 8.92. The molecule has 4 aromatic rings. The molecule has 0 radical (unpaired) electrons. The Kier molecular flexibility index (Phi) is 5.13. The molecule has 0 fully saturated rings. The van der Waals surface area contributed by atoms with Crippen molar-refractivity contribution in [2.75, 3.05) is 0 Å². The van der Waals surface area contributed by atoms with Gasteiger partial charge in [-0.3, -0.25) is 0 Å². The van der Waals surface area contributed by atoms with Crippen LogP contribution in [0.5, 0.6) is 0 Å². The minimum Gasteiger partial charge on any atom is -0.225 e. The molecule has 3 aromatic carbocycles. The van der Waals surface area contributed by atoms with E-state index in [1.54, 1.807) is 0 Å². The molecule has 0 saturated carbocycles. The second-order valence-electron chi connectivity index (χ2n) is 8.65. The van der Waals surface area contributed by atoms with E-state index in [4.69, 9.17) is 2.74 Å². The number of aryl methyl sites for hydroxylation is 1. The molecule has 0 aliphatic heterocycles. The van der Waals surface area contributed by atoms with Crippen molar-refractivity contribution in [3.8, 4) is 28.3 Å². The minimum atomic E-state index is -0.824. The minimum absolute atomic E-state index is 0.824. The van der Waals surface area contributed by atoms with Crippen molar-refractivity contribution in [2.45, 2.75) is 46.4 Å². The summed E-state index contributed by atoms with van der Waals surface area (Å²) in [6.45, 7) is 9.80. The Labute approximate surface area is 189 Å². The number of imidazole rings is 1. The molecule has 0 amide bonds. The molecule has 0 saturated heterocycles. The number of nitrogens with zero attached hydrogens (tertiary/aromatic N) is 2. The summed E-state index contributed by atoms with van der Waals surface area (Å²) in [5, 5.41) is 0. The highest BCUT2D eigenvalue weighted by Crippen LogP contribution is 2.33. The predicted molar refractivity (Wildman–Crippen MR) is 131 cm³/mol. The van der Waals surface area contributed by atoms with Crippen LogP contribution in [0.4, 0.5) is 0 Å². The topological polar surface area (TPSA) is 8.81 Å². The van der Waals surface area contributed by atoms with Gasteiger partial charge in [0.1, 0.15) is 11.9 Å². The molecular formula is C29H33N2+. The molecule has 0 aliphatic rings. The lowest BCUT2D eigenvalue weighted by Gasteiger charge is -2.18. The maximum Gasteiger partial charge on any atom is 0.294 e. The molecule has 0 unspecified atom stereocenters. The highest BCUT2D eigenvalue weighted by Gasteiger charge is 2.29. The van der Waals surface area contributed by atoms with E-state index in [1.165, 1.54) is 5.56 Å². The van der Waals surface area contributed by atoms with Crippen LogP contribution in [-0.2, 0) is 7.05 Å². The lowest BCUT2D eigenvalue weighted by molar-refractivity contribution is -0.584. The number of para-hydroxylation sites is 1. The molecule has 158 valence electrons. The van der Waals surface area contributed by atoms with Crippen LogP contribution in [-0.4, -0.2) is 4.57 Å². The Balaban J connectivity index is 2.17. The quantitative estimate of drug-likeness (QED) is 0.307. The first-order valence-electron chi connectivity index (χ1n) is 11.9. The molecule has 0 N–H and O–H groups in total. The van der Waals surface area contributed by atoms with Crippen LogP contribution in [0.3, 0.4) is 0 Å². The zero-order valence-corrected chi connectivity index (χ0v) is 19.4. The summed E-state index contributed by atoms with van der Waals surface area (Å²) in [6.07, 6.45) is 2.16. The summed E-state index contributed by atoms with van der Waals surface area (Å²) >= 11 is 0. The van der Waals surface area contributed by atoms with Gasteiger partial charge in [0, 0.05) is 19.4 Å². The normalized spacial score (nSPS) is 13.1. The van der Waals surface area contributed by atoms with Gasteiger partial charge in [-0.2, -0.15) is 4.57 Å². The first-order valence-corrected chi connectivity index (χ1v) is 10.9. The molecule has 0 aliphatic carbocycles. The molecular weight excluding hydrogens is 376 g/mol. The Hall–Kier alpha value is -3.13. The standard InChI is InChI=1S/C29H33N2/c1-20(2)24-17-12-18-25(21(3)4)28(24)31-19-27(23-14-8-7-9-15-23)30(6)29(31)26-16-11-10-13-22(26)5/h7-21H,1-6H3/q+1/i20D,21D. The molecule has 1 aromatic heterocycles. The van der Waals surface area contributed by atoms with E-state index < -0.39 is 11.8 Å². The predicted octanol–water partition coefficient (Wildman–Crippen LogP) is 7.19. The Morgan fingerprint density at radius 3 is 1.94 bits per heavy atom. The van der Waals surface area contributed by atoms with Crippen LogP contribution in [0, 0.1) is 6.92 Å². The molecule has 2 nitrogen and oxygen atoms in total. The number of aromatic nitrogens is 2. The van der Waals surface area contributed by atoms with Crippen molar-refractivity contribution in [1.29, 1.82) is 0 Å². The molecule has 2 heteroatoms. The smallest absolute Gasteiger partial charge is 0.225 e. The van der Waals surface area contributed by atoms with Crippen molar-refractivity contribution >= 4 is 0 Å².